The highest BCUT2D eigenvalue weighted by molar-refractivity contribution is 5.63. The lowest BCUT2D eigenvalue weighted by Crippen LogP contribution is -1.89. The first kappa shape index (κ1) is 10.7. The fourth-order valence-corrected chi connectivity index (χ4v) is 1.69. The Morgan fingerprint density at radius 3 is 2.62 bits per heavy atom. The van der Waals surface area contributed by atoms with Crippen LogP contribution in [0.15, 0.2) is 24.3 Å². The highest BCUT2D eigenvalue weighted by Crippen LogP contribution is 2.26. The van der Waals surface area contributed by atoms with E-state index in [2.05, 4.69) is 23.8 Å². The van der Waals surface area contributed by atoms with Crippen LogP contribution in [0.3, 0.4) is 0 Å². The maximum atomic E-state index is 9.44. The van der Waals surface area contributed by atoms with Gasteiger partial charge < -0.3 is 10.1 Å². The number of H-pyrrole nitrogens is 1. The molecule has 2 rings (SSSR count). The van der Waals surface area contributed by atoms with Crippen LogP contribution in [0.2, 0.25) is 0 Å². The van der Waals surface area contributed by atoms with Crippen molar-refractivity contribution >= 4 is 0 Å². The summed E-state index contributed by atoms with van der Waals surface area (Å²) in [6.07, 6.45) is 0. The van der Waals surface area contributed by atoms with Crippen LogP contribution < -0.4 is 0 Å². The third kappa shape index (κ3) is 1.94. The summed E-state index contributed by atoms with van der Waals surface area (Å²) in [4.78, 5) is 7.82. The number of rotatable bonds is 2. The van der Waals surface area contributed by atoms with Gasteiger partial charge in [-0.05, 0) is 19.1 Å². The van der Waals surface area contributed by atoms with Gasteiger partial charge in [0.05, 0.1) is 5.69 Å². The van der Waals surface area contributed by atoms with Crippen molar-refractivity contribution in [2.75, 3.05) is 0 Å². The van der Waals surface area contributed by atoms with Gasteiger partial charge >= 0.3 is 0 Å². The third-order valence-electron chi connectivity index (χ3n) is 2.57. The van der Waals surface area contributed by atoms with E-state index in [1.54, 1.807) is 12.1 Å². The first-order valence-electron chi connectivity index (χ1n) is 5.44. The number of aromatic hydroxyl groups is 1. The molecule has 0 unspecified atom stereocenters. The molecule has 0 atom stereocenters. The third-order valence-corrected chi connectivity index (χ3v) is 2.57. The Hall–Kier alpha value is -1.77. The number of aromatic amines is 1. The molecule has 3 heteroatoms. The van der Waals surface area contributed by atoms with Gasteiger partial charge in [-0.25, -0.2) is 4.98 Å². The van der Waals surface area contributed by atoms with Gasteiger partial charge in [-0.2, -0.15) is 0 Å². The van der Waals surface area contributed by atoms with Crippen LogP contribution in [0.4, 0.5) is 0 Å². The number of phenolic OH excluding ortho intramolecular Hbond substituents is 1. The van der Waals surface area contributed by atoms with E-state index in [1.807, 2.05) is 19.1 Å². The summed E-state index contributed by atoms with van der Waals surface area (Å²) < 4.78 is 0. The number of imidazole rings is 1. The van der Waals surface area contributed by atoms with Crippen molar-refractivity contribution in [1.29, 1.82) is 0 Å². The Bertz CT molecular complexity index is 500. The van der Waals surface area contributed by atoms with E-state index in [1.165, 1.54) is 0 Å². The molecule has 0 aliphatic carbocycles. The summed E-state index contributed by atoms with van der Waals surface area (Å²) in [6, 6.07) is 7.17. The number of phenols is 1. The molecule has 0 spiro atoms. The van der Waals surface area contributed by atoms with E-state index < -0.39 is 0 Å². The number of hydrogen-bond acceptors (Lipinski definition) is 2. The number of benzene rings is 1. The maximum absolute atomic E-state index is 9.44. The molecule has 3 nitrogen and oxygen atoms in total. The van der Waals surface area contributed by atoms with Crippen LogP contribution >= 0.6 is 0 Å². The molecule has 0 aliphatic heterocycles. The second kappa shape index (κ2) is 4.00. The fourth-order valence-electron chi connectivity index (χ4n) is 1.69. The number of nitrogens with zero attached hydrogens (tertiary/aromatic N) is 1. The Morgan fingerprint density at radius 2 is 2.06 bits per heavy atom. The quantitative estimate of drug-likeness (QED) is 0.809. The second-order valence-electron chi connectivity index (χ2n) is 4.30. The lowest BCUT2D eigenvalue weighted by atomic mass is 10.1. The predicted molar refractivity (Wildman–Crippen MR) is 64.5 cm³/mol. The van der Waals surface area contributed by atoms with Crippen molar-refractivity contribution in [2.24, 2.45) is 0 Å². The van der Waals surface area contributed by atoms with Crippen molar-refractivity contribution in [1.82, 2.24) is 9.97 Å². The molecule has 0 amide bonds. The van der Waals surface area contributed by atoms with E-state index >= 15 is 0 Å². The van der Waals surface area contributed by atoms with Gasteiger partial charge in [0.2, 0.25) is 0 Å². The Balaban J connectivity index is 2.48. The normalized spacial score (nSPS) is 11.0. The van der Waals surface area contributed by atoms with Crippen molar-refractivity contribution in [2.45, 2.75) is 26.7 Å². The number of aromatic nitrogens is 2. The van der Waals surface area contributed by atoms with Gasteiger partial charge in [0.25, 0.3) is 0 Å². The van der Waals surface area contributed by atoms with Crippen LogP contribution in [0.5, 0.6) is 5.75 Å². The van der Waals surface area contributed by atoms with E-state index in [4.69, 9.17) is 0 Å². The van der Waals surface area contributed by atoms with Crippen LogP contribution in [0.1, 0.15) is 31.3 Å². The minimum atomic E-state index is 0.269. The van der Waals surface area contributed by atoms with Crippen molar-refractivity contribution < 1.29 is 5.11 Å². The predicted octanol–water partition coefficient (Wildman–Crippen LogP) is 3.21. The SMILES string of the molecule is Cc1[nH]c(C(C)C)nc1-c1cccc(O)c1. The summed E-state index contributed by atoms with van der Waals surface area (Å²) in [5, 5.41) is 9.44. The molecule has 1 aromatic carbocycles. The number of nitrogens with one attached hydrogen (secondary N) is 1. The first-order valence-corrected chi connectivity index (χ1v) is 5.44. The molecule has 1 aromatic heterocycles. The van der Waals surface area contributed by atoms with Crippen molar-refractivity contribution in [3.05, 3.63) is 35.8 Å². The zero-order valence-corrected chi connectivity index (χ0v) is 9.78. The van der Waals surface area contributed by atoms with Gasteiger partial charge in [-0.15, -0.1) is 0 Å². The lowest BCUT2D eigenvalue weighted by Gasteiger charge is -1.99. The molecule has 0 radical (unpaired) electrons. The number of aryl methyl sites for hydroxylation is 1. The summed E-state index contributed by atoms with van der Waals surface area (Å²) in [5.74, 6) is 1.63. The van der Waals surface area contributed by atoms with Gasteiger partial charge in [-0.1, -0.05) is 26.0 Å². The van der Waals surface area contributed by atoms with E-state index in [9.17, 15) is 5.11 Å². The molecule has 84 valence electrons. The van der Waals surface area contributed by atoms with Gasteiger partial charge in [0, 0.05) is 17.2 Å². The molecule has 0 fully saturated rings. The molecular weight excluding hydrogens is 200 g/mol. The average molecular weight is 216 g/mol. The highest BCUT2D eigenvalue weighted by atomic mass is 16.3. The van der Waals surface area contributed by atoms with Crippen molar-refractivity contribution in [3.63, 3.8) is 0 Å². The molecule has 0 saturated carbocycles. The maximum Gasteiger partial charge on any atom is 0.116 e. The Labute approximate surface area is 95.2 Å². The monoisotopic (exact) mass is 216 g/mol. The smallest absolute Gasteiger partial charge is 0.116 e. The van der Waals surface area contributed by atoms with E-state index in [0.29, 0.717) is 5.92 Å². The molecule has 1 heterocycles. The standard InChI is InChI=1S/C13H16N2O/c1-8(2)13-14-9(3)12(15-13)10-5-4-6-11(16)7-10/h4-8,16H,1-3H3,(H,14,15). The summed E-state index contributed by atoms with van der Waals surface area (Å²) >= 11 is 0. The first-order chi connectivity index (χ1) is 7.58. The molecule has 0 bridgehead atoms. The highest BCUT2D eigenvalue weighted by Gasteiger charge is 2.11. The Kier molecular flexibility index (Phi) is 2.69. The van der Waals surface area contributed by atoms with Gasteiger partial charge in [0.15, 0.2) is 0 Å². The van der Waals surface area contributed by atoms with Crippen LogP contribution in [-0.2, 0) is 0 Å². The molecule has 0 aliphatic rings. The van der Waals surface area contributed by atoms with Crippen LogP contribution in [0.25, 0.3) is 11.3 Å². The molecule has 0 saturated heterocycles. The minimum absolute atomic E-state index is 0.269. The fraction of sp³-hybridized carbons (Fsp3) is 0.308. The summed E-state index contributed by atoms with van der Waals surface area (Å²) in [7, 11) is 0. The Morgan fingerprint density at radius 1 is 1.31 bits per heavy atom. The molecule has 2 aromatic rings. The number of hydrogen-bond donors (Lipinski definition) is 2. The minimum Gasteiger partial charge on any atom is -0.508 e. The molecule has 16 heavy (non-hydrogen) atoms. The topological polar surface area (TPSA) is 48.9 Å². The average Bonchev–Trinajstić information content (AvgIpc) is 2.60. The molecular formula is C13H16N2O. The molecule has 2 N–H and O–H groups in total. The van der Waals surface area contributed by atoms with Gasteiger partial charge in [-0.3, -0.25) is 0 Å². The summed E-state index contributed by atoms with van der Waals surface area (Å²) in [5.41, 5.74) is 2.90. The largest absolute Gasteiger partial charge is 0.508 e. The summed E-state index contributed by atoms with van der Waals surface area (Å²) in [6.45, 7) is 6.20. The zero-order chi connectivity index (χ0) is 11.7. The van der Waals surface area contributed by atoms with Crippen LogP contribution in [0, 0.1) is 6.92 Å². The van der Waals surface area contributed by atoms with E-state index in [0.717, 1.165) is 22.8 Å². The lowest BCUT2D eigenvalue weighted by molar-refractivity contribution is 0.475. The zero-order valence-electron chi connectivity index (χ0n) is 9.78. The van der Waals surface area contributed by atoms with Gasteiger partial charge in [0.1, 0.15) is 11.6 Å². The van der Waals surface area contributed by atoms with Crippen LogP contribution in [-0.4, -0.2) is 15.1 Å². The van der Waals surface area contributed by atoms with E-state index in [-0.39, 0.29) is 5.75 Å². The van der Waals surface area contributed by atoms with Crippen molar-refractivity contribution in [3.8, 4) is 17.0 Å². The second-order valence-corrected chi connectivity index (χ2v) is 4.30.